The molecule has 2 rings (SSSR count). The second-order valence-electron chi connectivity index (χ2n) is 4.90. The van der Waals surface area contributed by atoms with Gasteiger partial charge >= 0.3 is 0 Å². The second-order valence-corrected chi connectivity index (χ2v) is 4.90. The molecule has 0 aliphatic carbocycles. The predicted octanol–water partition coefficient (Wildman–Crippen LogP) is 3.44. The Bertz CT molecular complexity index is 470. The van der Waals surface area contributed by atoms with Crippen LogP contribution in [0.5, 0.6) is 0 Å². The fraction of sp³-hybridized carbons (Fsp3) is 0.286. The van der Waals surface area contributed by atoms with E-state index in [1.165, 1.54) is 0 Å². The average molecular weight is 212 g/mol. The maximum absolute atomic E-state index is 4.67. The highest BCUT2D eigenvalue weighted by atomic mass is 14.7. The van der Waals surface area contributed by atoms with Crippen molar-refractivity contribution >= 4 is 0 Å². The summed E-state index contributed by atoms with van der Waals surface area (Å²) in [7, 11) is 0. The quantitative estimate of drug-likeness (QED) is 0.723. The third-order valence-electron chi connectivity index (χ3n) is 2.47. The molecule has 0 radical (unpaired) electrons. The number of rotatable bonds is 1. The predicted molar refractivity (Wildman–Crippen MR) is 66.2 cm³/mol. The van der Waals surface area contributed by atoms with Gasteiger partial charge in [-0.25, -0.2) is 0 Å². The van der Waals surface area contributed by atoms with Gasteiger partial charge in [0.1, 0.15) is 0 Å². The highest BCUT2D eigenvalue weighted by Gasteiger charge is 2.15. The Morgan fingerprint density at radius 2 is 1.81 bits per heavy atom. The highest BCUT2D eigenvalue weighted by molar-refractivity contribution is 5.57. The fourth-order valence-corrected chi connectivity index (χ4v) is 1.53. The SMILES string of the molecule is CC(C)(C)c1cccc(-c2cccnc2)n1. The molecule has 2 heterocycles. The molecule has 0 amide bonds. The van der Waals surface area contributed by atoms with Gasteiger partial charge in [-0.2, -0.15) is 0 Å². The Hall–Kier alpha value is -1.70. The minimum Gasteiger partial charge on any atom is -0.264 e. The third-order valence-corrected chi connectivity index (χ3v) is 2.47. The largest absolute Gasteiger partial charge is 0.264 e. The van der Waals surface area contributed by atoms with Crippen molar-refractivity contribution < 1.29 is 0 Å². The summed E-state index contributed by atoms with van der Waals surface area (Å²) >= 11 is 0. The van der Waals surface area contributed by atoms with Crippen molar-refractivity contribution in [1.29, 1.82) is 0 Å². The normalized spacial score (nSPS) is 11.4. The van der Waals surface area contributed by atoms with Gasteiger partial charge in [-0.1, -0.05) is 26.8 Å². The Balaban J connectivity index is 2.45. The monoisotopic (exact) mass is 212 g/mol. The molecule has 0 aromatic carbocycles. The third kappa shape index (κ3) is 2.27. The van der Waals surface area contributed by atoms with Crippen molar-refractivity contribution in [3.05, 3.63) is 48.4 Å². The first-order valence-corrected chi connectivity index (χ1v) is 5.45. The number of nitrogens with zero attached hydrogens (tertiary/aromatic N) is 2. The molecular weight excluding hydrogens is 196 g/mol. The molecule has 0 atom stereocenters. The molecule has 0 bridgehead atoms. The first-order valence-electron chi connectivity index (χ1n) is 5.45. The highest BCUT2D eigenvalue weighted by Crippen LogP contribution is 2.23. The number of hydrogen-bond acceptors (Lipinski definition) is 2. The number of aromatic nitrogens is 2. The smallest absolute Gasteiger partial charge is 0.0721 e. The maximum Gasteiger partial charge on any atom is 0.0721 e. The summed E-state index contributed by atoms with van der Waals surface area (Å²) < 4.78 is 0. The molecule has 0 unspecified atom stereocenters. The Morgan fingerprint density at radius 3 is 2.44 bits per heavy atom. The Labute approximate surface area is 96.4 Å². The maximum atomic E-state index is 4.67. The summed E-state index contributed by atoms with van der Waals surface area (Å²) in [5, 5.41) is 0. The van der Waals surface area contributed by atoms with Gasteiger partial charge in [-0.3, -0.25) is 9.97 Å². The zero-order valence-corrected chi connectivity index (χ0v) is 9.94. The molecule has 0 aliphatic heterocycles. The van der Waals surface area contributed by atoms with E-state index in [4.69, 9.17) is 0 Å². The zero-order chi connectivity index (χ0) is 11.6. The van der Waals surface area contributed by atoms with Gasteiger partial charge in [0.05, 0.1) is 5.69 Å². The van der Waals surface area contributed by atoms with E-state index in [0.717, 1.165) is 17.0 Å². The van der Waals surface area contributed by atoms with Crippen LogP contribution >= 0.6 is 0 Å². The molecule has 2 heteroatoms. The summed E-state index contributed by atoms with van der Waals surface area (Å²) in [5.41, 5.74) is 3.24. The van der Waals surface area contributed by atoms with E-state index in [2.05, 4.69) is 42.9 Å². The lowest BCUT2D eigenvalue weighted by atomic mass is 9.91. The second kappa shape index (κ2) is 4.05. The molecule has 0 N–H and O–H groups in total. The van der Waals surface area contributed by atoms with E-state index in [-0.39, 0.29) is 5.41 Å². The van der Waals surface area contributed by atoms with Crippen molar-refractivity contribution in [1.82, 2.24) is 9.97 Å². The summed E-state index contributed by atoms with van der Waals surface area (Å²) in [6, 6.07) is 10.1. The summed E-state index contributed by atoms with van der Waals surface area (Å²) in [4.78, 5) is 8.79. The summed E-state index contributed by atoms with van der Waals surface area (Å²) in [5.74, 6) is 0. The molecule has 0 spiro atoms. The van der Waals surface area contributed by atoms with E-state index in [1.54, 1.807) is 6.20 Å². The van der Waals surface area contributed by atoms with E-state index in [0.29, 0.717) is 0 Å². The van der Waals surface area contributed by atoms with Crippen LogP contribution in [0.4, 0.5) is 0 Å². The van der Waals surface area contributed by atoms with Crippen molar-refractivity contribution in [3.8, 4) is 11.3 Å². The van der Waals surface area contributed by atoms with Crippen LogP contribution in [0.1, 0.15) is 26.5 Å². The fourth-order valence-electron chi connectivity index (χ4n) is 1.53. The van der Waals surface area contributed by atoms with Crippen LogP contribution in [-0.2, 0) is 5.41 Å². The zero-order valence-electron chi connectivity index (χ0n) is 9.94. The Kier molecular flexibility index (Phi) is 2.73. The van der Waals surface area contributed by atoms with Gasteiger partial charge in [-0.15, -0.1) is 0 Å². The van der Waals surface area contributed by atoms with Crippen LogP contribution in [0.25, 0.3) is 11.3 Å². The van der Waals surface area contributed by atoms with Gasteiger partial charge in [0.15, 0.2) is 0 Å². The summed E-state index contributed by atoms with van der Waals surface area (Å²) in [6.45, 7) is 6.51. The van der Waals surface area contributed by atoms with Gasteiger partial charge in [0.25, 0.3) is 0 Å². The van der Waals surface area contributed by atoms with Gasteiger partial charge < -0.3 is 0 Å². The topological polar surface area (TPSA) is 25.8 Å². The molecule has 0 saturated carbocycles. The van der Waals surface area contributed by atoms with Crippen molar-refractivity contribution in [3.63, 3.8) is 0 Å². The van der Waals surface area contributed by atoms with Crippen LogP contribution in [-0.4, -0.2) is 9.97 Å². The molecule has 0 aliphatic rings. The molecule has 0 saturated heterocycles. The lowest BCUT2D eigenvalue weighted by Gasteiger charge is -2.18. The minimum absolute atomic E-state index is 0.0816. The lowest BCUT2D eigenvalue weighted by Crippen LogP contribution is -2.13. The lowest BCUT2D eigenvalue weighted by molar-refractivity contribution is 0.569. The van der Waals surface area contributed by atoms with Crippen LogP contribution in [0.2, 0.25) is 0 Å². The first kappa shape index (κ1) is 10.8. The van der Waals surface area contributed by atoms with Crippen LogP contribution in [0.15, 0.2) is 42.7 Å². The average Bonchev–Trinajstić information content (AvgIpc) is 2.29. The van der Waals surface area contributed by atoms with E-state index < -0.39 is 0 Å². The molecule has 82 valence electrons. The van der Waals surface area contributed by atoms with Crippen LogP contribution in [0.3, 0.4) is 0 Å². The minimum atomic E-state index is 0.0816. The van der Waals surface area contributed by atoms with Crippen LogP contribution < -0.4 is 0 Å². The molecule has 0 fully saturated rings. The molecule has 2 aromatic heterocycles. The van der Waals surface area contributed by atoms with Crippen LogP contribution in [0, 0.1) is 0 Å². The van der Waals surface area contributed by atoms with Gasteiger partial charge in [0, 0.05) is 29.1 Å². The van der Waals surface area contributed by atoms with Gasteiger partial charge in [0.2, 0.25) is 0 Å². The number of hydrogen-bond donors (Lipinski definition) is 0. The van der Waals surface area contributed by atoms with E-state index in [9.17, 15) is 0 Å². The van der Waals surface area contributed by atoms with E-state index >= 15 is 0 Å². The molecular formula is C14H16N2. The molecule has 16 heavy (non-hydrogen) atoms. The Morgan fingerprint density at radius 1 is 1.00 bits per heavy atom. The summed E-state index contributed by atoms with van der Waals surface area (Å²) in [6.07, 6.45) is 3.62. The molecule has 2 aromatic rings. The van der Waals surface area contributed by atoms with Crippen molar-refractivity contribution in [2.75, 3.05) is 0 Å². The first-order chi connectivity index (χ1) is 7.57. The number of pyridine rings is 2. The van der Waals surface area contributed by atoms with Crippen molar-refractivity contribution in [2.24, 2.45) is 0 Å². The molecule has 2 nitrogen and oxygen atoms in total. The van der Waals surface area contributed by atoms with Gasteiger partial charge in [-0.05, 0) is 24.3 Å². The standard InChI is InChI=1S/C14H16N2/c1-14(2,3)13-8-4-7-12(16-13)11-6-5-9-15-10-11/h4-10H,1-3H3. The van der Waals surface area contributed by atoms with Crippen molar-refractivity contribution in [2.45, 2.75) is 26.2 Å². The van der Waals surface area contributed by atoms with E-state index in [1.807, 2.05) is 24.4 Å².